The molecular formula is C19H24S3Si. The van der Waals surface area contributed by atoms with Crippen molar-refractivity contribution in [1.29, 1.82) is 0 Å². The molecule has 0 aliphatic heterocycles. The van der Waals surface area contributed by atoms with Gasteiger partial charge in [0.05, 0.1) is 8.07 Å². The van der Waals surface area contributed by atoms with Gasteiger partial charge in [0, 0.05) is 24.4 Å². The van der Waals surface area contributed by atoms with Crippen LogP contribution in [0.1, 0.15) is 24.6 Å². The first-order chi connectivity index (χ1) is 11.0. The summed E-state index contributed by atoms with van der Waals surface area (Å²) in [6, 6.07) is 13.9. The molecule has 0 aliphatic rings. The molecule has 3 heterocycles. The first kappa shape index (κ1) is 17.2. The van der Waals surface area contributed by atoms with Crippen LogP contribution in [0.3, 0.4) is 0 Å². The number of hydrogen-bond acceptors (Lipinski definition) is 3. The lowest BCUT2D eigenvalue weighted by atomic mass is 10.2. The molecule has 0 radical (unpaired) electrons. The van der Waals surface area contributed by atoms with Gasteiger partial charge in [-0.1, -0.05) is 39.1 Å². The molecule has 0 aliphatic carbocycles. The Kier molecular flexibility index (Phi) is 5.26. The van der Waals surface area contributed by atoms with E-state index in [9.17, 15) is 0 Å². The first-order valence-electron chi connectivity index (χ1n) is 8.27. The summed E-state index contributed by atoms with van der Waals surface area (Å²) in [5.74, 6) is 0. The molecule has 0 aromatic carbocycles. The summed E-state index contributed by atoms with van der Waals surface area (Å²) in [6.45, 7) is 9.53. The van der Waals surface area contributed by atoms with E-state index in [-0.39, 0.29) is 0 Å². The Bertz CT molecular complexity index is 770. The smallest absolute Gasteiger partial charge is 0.0904 e. The predicted octanol–water partition coefficient (Wildman–Crippen LogP) is 7.09. The molecule has 122 valence electrons. The Hall–Kier alpha value is -0.683. The van der Waals surface area contributed by atoms with Crippen molar-refractivity contribution >= 4 is 46.6 Å². The van der Waals surface area contributed by atoms with Crippen molar-refractivity contribution in [3.63, 3.8) is 0 Å². The topological polar surface area (TPSA) is 0 Å². The maximum atomic E-state index is 2.42. The second-order valence-corrected chi connectivity index (χ2v) is 15.7. The van der Waals surface area contributed by atoms with Gasteiger partial charge in [0.15, 0.2) is 0 Å². The molecule has 0 nitrogen and oxygen atoms in total. The third-order valence-electron chi connectivity index (χ3n) is 3.88. The Labute approximate surface area is 152 Å². The normalized spacial score (nSPS) is 12.0. The lowest BCUT2D eigenvalue weighted by Crippen LogP contribution is -2.34. The average molecular weight is 377 g/mol. The largest absolute Gasteiger partial charge is 0.144 e. The summed E-state index contributed by atoms with van der Waals surface area (Å²) in [6.07, 6.45) is 3.79. The van der Waals surface area contributed by atoms with Crippen molar-refractivity contribution in [3.8, 4) is 19.5 Å². The molecule has 0 unspecified atom stereocenters. The van der Waals surface area contributed by atoms with E-state index in [0.717, 1.165) is 0 Å². The van der Waals surface area contributed by atoms with E-state index in [1.54, 1.807) is 4.50 Å². The summed E-state index contributed by atoms with van der Waals surface area (Å²) in [7, 11) is -1.19. The quantitative estimate of drug-likeness (QED) is 0.403. The van der Waals surface area contributed by atoms with Crippen LogP contribution in [0, 0.1) is 0 Å². The fourth-order valence-corrected chi connectivity index (χ4v) is 7.60. The average Bonchev–Trinajstić information content (AvgIpc) is 3.21. The third-order valence-corrected chi connectivity index (χ3v) is 11.2. The zero-order valence-electron chi connectivity index (χ0n) is 14.3. The minimum Gasteiger partial charge on any atom is -0.144 e. The molecule has 0 saturated heterocycles. The van der Waals surface area contributed by atoms with Crippen LogP contribution in [0.4, 0.5) is 0 Å². The number of rotatable bonds is 6. The van der Waals surface area contributed by atoms with Gasteiger partial charge in [-0.2, -0.15) is 0 Å². The van der Waals surface area contributed by atoms with E-state index in [4.69, 9.17) is 0 Å². The van der Waals surface area contributed by atoms with E-state index in [2.05, 4.69) is 63.0 Å². The van der Waals surface area contributed by atoms with E-state index in [1.807, 2.05) is 34.0 Å². The van der Waals surface area contributed by atoms with Gasteiger partial charge >= 0.3 is 0 Å². The van der Waals surface area contributed by atoms with Gasteiger partial charge in [-0.25, -0.2) is 0 Å². The predicted molar refractivity (Wildman–Crippen MR) is 113 cm³/mol. The lowest BCUT2D eigenvalue weighted by molar-refractivity contribution is 0.804. The van der Waals surface area contributed by atoms with Gasteiger partial charge < -0.3 is 0 Å². The molecule has 0 fully saturated rings. The minimum atomic E-state index is -1.19. The van der Waals surface area contributed by atoms with Crippen LogP contribution in [-0.4, -0.2) is 8.07 Å². The monoisotopic (exact) mass is 376 g/mol. The van der Waals surface area contributed by atoms with Gasteiger partial charge in [0.2, 0.25) is 0 Å². The molecule has 23 heavy (non-hydrogen) atoms. The Balaban J connectivity index is 1.80. The highest BCUT2D eigenvalue weighted by atomic mass is 32.1. The van der Waals surface area contributed by atoms with Gasteiger partial charge in [-0.05, 0) is 47.7 Å². The minimum absolute atomic E-state index is 1.19. The van der Waals surface area contributed by atoms with Gasteiger partial charge in [0.1, 0.15) is 0 Å². The molecule has 0 N–H and O–H groups in total. The van der Waals surface area contributed by atoms with Crippen LogP contribution < -0.4 is 4.50 Å². The van der Waals surface area contributed by atoms with Crippen molar-refractivity contribution in [2.75, 3.05) is 0 Å². The van der Waals surface area contributed by atoms with Gasteiger partial charge in [-0.15, -0.1) is 34.0 Å². The van der Waals surface area contributed by atoms with Gasteiger partial charge in [-0.3, -0.25) is 0 Å². The molecule has 0 amide bonds. The van der Waals surface area contributed by atoms with Crippen LogP contribution in [0.25, 0.3) is 19.5 Å². The molecule has 0 saturated carbocycles. The molecule has 0 spiro atoms. The SMILES string of the molecule is CCCCc1ccc(-c2ccc(-c3ccc([Si](C)(C)C)s3)s2)s1. The highest BCUT2D eigenvalue weighted by Gasteiger charge is 2.19. The van der Waals surface area contributed by atoms with Gasteiger partial charge in [0.25, 0.3) is 0 Å². The third kappa shape index (κ3) is 4.05. The standard InChI is InChI=1S/C19H24S3Si/c1-5-6-7-14-8-9-15(20-14)16-10-11-17(21-16)18-12-13-19(22-18)23(2,3)4/h8-13H,5-7H2,1-4H3. The molecule has 3 aromatic heterocycles. The second-order valence-electron chi connectivity index (χ2n) is 6.95. The number of unbranched alkanes of at least 4 members (excludes halogenated alkanes) is 1. The second kappa shape index (κ2) is 7.05. The summed E-state index contributed by atoms with van der Waals surface area (Å²) in [5.41, 5.74) is 0. The summed E-state index contributed by atoms with van der Waals surface area (Å²) < 4.78 is 1.60. The zero-order valence-corrected chi connectivity index (χ0v) is 17.8. The fourth-order valence-electron chi connectivity index (χ4n) is 2.47. The van der Waals surface area contributed by atoms with Crippen molar-refractivity contribution in [3.05, 3.63) is 41.3 Å². The van der Waals surface area contributed by atoms with E-state index < -0.39 is 8.07 Å². The van der Waals surface area contributed by atoms with E-state index in [1.165, 1.54) is 43.6 Å². The molecule has 3 rings (SSSR count). The van der Waals surface area contributed by atoms with Crippen LogP contribution in [0.15, 0.2) is 36.4 Å². The van der Waals surface area contributed by atoms with E-state index in [0.29, 0.717) is 0 Å². The van der Waals surface area contributed by atoms with Crippen LogP contribution >= 0.6 is 34.0 Å². The number of aryl methyl sites for hydroxylation is 1. The van der Waals surface area contributed by atoms with Crippen LogP contribution in [0.5, 0.6) is 0 Å². The van der Waals surface area contributed by atoms with Crippen molar-refractivity contribution in [2.24, 2.45) is 0 Å². The highest BCUT2D eigenvalue weighted by Crippen LogP contribution is 2.39. The molecule has 3 aromatic rings. The maximum Gasteiger partial charge on any atom is 0.0904 e. The summed E-state index contributed by atoms with van der Waals surface area (Å²) in [5, 5.41) is 0. The Morgan fingerprint density at radius 3 is 1.91 bits per heavy atom. The van der Waals surface area contributed by atoms with Crippen LogP contribution in [-0.2, 0) is 6.42 Å². The van der Waals surface area contributed by atoms with Crippen molar-refractivity contribution in [2.45, 2.75) is 45.8 Å². The summed E-state index contributed by atoms with van der Waals surface area (Å²) >= 11 is 5.89. The molecule has 4 heteroatoms. The lowest BCUT2D eigenvalue weighted by Gasteiger charge is -2.12. The van der Waals surface area contributed by atoms with E-state index >= 15 is 0 Å². The Morgan fingerprint density at radius 1 is 0.739 bits per heavy atom. The Morgan fingerprint density at radius 2 is 1.30 bits per heavy atom. The van der Waals surface area contributed by atoms with Crippen molar-refractivity contribution < 1.29 is 0 Å². The molecule has 0 bridgehead atoms. The first-order valence-corrected chi connectivity index (χ1v) is 14.2. The zero-order chi connectivity index (χ0) is 16.4. The molecule has 0 atom stereocenters. The number of thiophene rings is 3. The molecular weight excluding hydrogens is 352 g/mol. The summed E-state index contributed by atoms with van der Waals surface area (Å²) in [4.78, 5) is 7.21. The number of hydrogen-bond donors (Lipinski definition) is 0. The fraction of sp³-hybridized carbons (Fsp3) is 0.368. The van der Waals surface area contributed by atoms with Crippen molar-refractivity contribution in [1.82, 2.24) is 0 Å². The highest BCUT2D eigenvalue weighted by molar-refractivity contribution is 7.31. The van der Waals surface area contributed by atoms with Crippen LogP contribution in [0.2, 0.25) is 19.6 Å². The maximum absolute atomic E-state index is 2.42.